The maximum Gasteiger partial charge on any atom is 0.411 e. The fraction of sp³-hybridized carbons (Fsp3) is 0.200. The molecule has 5 heteroatoms. The SMILES string of the molecule is C=CC=COC(=O)C(=C)NC(=O)OCC. The van der Waals surface area contributed by atoms with Crippen molar-refractivity contribution in [2.75, 3.05) is 6.61 Å². The molecule has 0 spiro atoms. The molecule has 0 saturated heterocycles. The van der Waals surface area contributed by atoms with Gasteiger partial charge in [0.2, 0.25) is 0 Å². The van der Waals surface area contributed by atoms with Gasteiger partial charge in [0.05, 0.1) is 12.9 Å². The predicted octanol–water partition coefficient (Wildman–Crippen LogP) is 1.49. The lowest BCUT2D eigenvalue weighted by Crippen LogP contribution is -2.27. The van der Waals surface area contributed by atoms with E-state index in [1.165, 1.54) is 12.2 Å². The zero-order chi connectivity index (χ0) is 11.7. The first-order chi connectivity index (χ1) is 7.11. The fourth-order valence-electron chi connectivity index (χ4n) is 0.569. The highest BCUT2D eigenvalue weighted by molar-refractivity contribution is 5.91. The van der Waals surface area contributed by atoms with Crippen LogP contribution >= 0.6 is 0 Å². The van der Waals surface area contributed by atoms with Crippen molar-refractivity contribution in [3.63, 3.8) is 0 Å². The number of carbonyl (C=O) groups is 2. The Morgan fingerprint density at radius 1 is 1.47 bits per heavy atom. The molecule has 1 amide bonds. The van der Waals surface area contributed by atoms with Gasteiger partial charge in [0, 0.05) is 0 Å². The van der Waals surface area contributed by atoms with E-state index in [-0.39, 0.29) is 12.3 Å². The van der Waals surface area contributed by atoms with Gasteiger partial charge >= 0.3 is 12.1 Å². The number of hydrogen-bond donors (Lipinski definition) is 1. The summed E-state index contributed by atoms with van der Waals surface area (Å²) in [5.74, 6) is -0.763. The zero-order valence-corrected chi connectivity index (χ0v) is 8.49. The summed E-state index contributed by atoms with van der Waals surface area (Å²) in [5, 5.41) is 2.12. The van der Waals surface area contributed by atoms with E-state index in [0.29, 0.717) is 0 Å². The summed E-state index contributed by atoms with van der Waals surface area (Å²) in [6.07, 6.45) is 3.25. The Bertz CT molecular complexity index is 294. The summed E-state index contributed by atoms with van der Waals surface area (Å²) in [7, 11) is 0. The molecule has 82 valence electrons. The Hall–Kier alpha value is -2.04. The van der Waals surface area contributed by atoms with Crippen LogP contribution in [0.25, 0.3) is 0 Å². The Labute approximate surface area is 88.1 Å². The van der Waals surface area contributed by atoms with Gasteiger partial charge in [-0.05, 0) is 13.0 Å². The predicted molar refractivity (Wildman–Crippen MR) is 54.7 cm³/mol. The Balaban J connectivity index is 3.99. The highest BCUT2D eigenvalue weighted by atomic mass is 16.6. The van der Waals surface area contributed by atoms with Crippen LogP contribution in [0.5, 0.6) is 0 Å². The number of ether oxygens (including phenoxy) is 2. The van der Waals surface area contributed by atoms with E-state index in [2.05, 4.69) is 27.9 Å². The number of alkyl carbamates (subject to hydrolysis) is 1. The van der Waals surface area contributed by atoms with Gasteiger partial charge in [0.25, 0.3) is 0 Å². The van der Waals surface area contributed by atoms with Crippen LogP contribution in [-0.4, -0.2) is 18.7 Å². The molecule has 0 saturated carbocycles. The average molecular weight is 211 g/mol. The minimum Gasteiger partial charge on any atom is -0.450 e. The molecule has 0 atom stereocenters. The molecule has 0 aromatic carbocycles. The summed E-state index contributed by atoms with van der Waals surface area (Å²) < 4.78 is 9.10. The fourth-order valence-corrected chi connectivity index (χ4v) is 0.569. The minimum absolute atomic E-state index is 0.192. The maximum absolute atomic E-state index is 11.1. The minimum atomic E-state index is -0.763. The van der Waals surface area contributed by atoms with Gasteiger partial charge in [-0.1, -0.05) is 19.2 Å². The molecule has 0 bridgehead atoms. The molecule has 0 heterocycles. The molecule has 0 aliphatic heterocycles. The monoisotopic (exact) mass is 211 g/mol. The number of esters is 1. The Kier molecular flexibility index (Phi) is 6.37. The van der Waals surface area contributed by atoms with Crippen LogP contribution in [0, 0.1) is 0 Å². The topological polar surface area (TPSA) is 64.6 Å². The lowest BCUT2D eigenvalue weighted by Gasteiger charge is -2.05. The van der Waals surface area contributed by atoms with Crippen molar-refractivity contribution >= 4 is 12.1 Å². The van der Waals surface area contributed by atoms with Gasteiger partial charge in [-0.25, -0.2) is 9.59 Å². The first-order valence-corrected chi connectivity index (χ1v) is 4.23. The third-order valence-corrected chi connectivity index (χ3v) is 1.16. The van der Waals surface area contributed by atoms with Crippen LogP contribution < -0.4 is 5.32 Å². The van der Waals surface area contributed by atoms with Crippen molar-refractivity contribution < 1.29 is 19.1 Å². The third kappa shape index (κ3) is 6.09. The van der Waals surface area contributed by atoms with Crippen LogP contribution in [0.3, 0.4) is 0 Å². The molecule has 0 radical (unpaired) electrons. The van der Waals surface area contributed by atoms with Crippen molar-refractivity contribution in [1.82, 2.24) is 5.32 Å². The van der Waals surface area contributed by atoms with E-state index >= 15 is 0 Å². The molecule has 0 aromatic rings. The van der Waals surface area contributed by atoms with Gasteiger partial charge in [-0.3, -0.25) is 5.32 Å². The lowest BCUT2D eigenvalue weighted by molar-refractivity contribution is -0.134. The van der Waals surface area contributed by atoms with Crippen molar-refractivity contribution in [3.8, 4) is 0 Å². The van der Waals surface area contributed by atoms with Crippen molar-refractivity contribution in [2.24, 2.45) is 0 Å². The molecule has 0 fully saturated rings. The van der Waals surface area contributed by atoms with Gasteiger partial charge in [0.1, 0.15) is 5.70 Å². The van der Waals surface area contributed by atoms with Crippen molar-refractivity contribution in [1.29, 1.82) is 0 Å². The third-order valence-electron chi connectivity index (χ3n) is 1.16. The molecule has 0 aliphatic carbocycles. The van der Waals surface area contributed by atoms with Crippen LogP contribution in [0.15, 0.2) is 37.3 Å². The molecule has 15 heavy (non-hydrogen) atoms. The number of amides is 1. The van der Waals surface area contributed by atoms with E-state index in [1.54, 1.807) is 6.92 Å². The maximum atomic E-state index is 11.1. The summed E-state index contributed by atoms with van der Waals surface area (Å²) in [6, 6.07) is 0. The summed E-state index contributed by atoms with van der Waals surface area (Å²) in [4.78, 5) is 21.9. The standard InChI is InChI=1S/C10H13NO4/c1-4-6-7-15-9(12)8(3)11-10(13)14-5-2/h4,6-7H,1,3,5H2,2H3,(H,11,13). The van der Waals surface area contributed by atoms with Crippen LogP contribution in [-0.2, 0) is 14.3 Å². The molecule has 0 rings (SSSR count). The van der Waals surface area contributed by atoms with Crippen LogP contribution in [0.2, 0.25) is 0 Å². The van der Waals surface area contributed by atoms with Gasteiger partial charge in [0.15, 0.2) is 0 Å². The number of rotatable bonds is 5. The Morgan fingerprint density at radius 3 is 2.67 bits per heavy atom. The Morgan fingerprint density at radius 2 is 2.13 bits per heavy atom. The molecular weight excluding hydrogens is 198 g/mol. The van der Waals surface area contributed by atoms with E-state index in [0.717, 1.165) is 6.26 Å². The number of carbonyl (C=O) groups excluding carboxylic acids is 2. The van der Waals surface area contributed by atoms with E-state index in [4.69, 9.17) is 0 Å². The second-order valence-corrected chi connectivity index (χ2v) is 2.29. The van der Waals surface area contributed by atoms with E-state index in [1.807, 2.05) is 0 Å². The molecule has 1 N–H and O–H groups in total. The molecule has 0 aliphatic rings. The molecule has 0 unspecified atom stereocenters. The van der Waals surface area contributed by atoms with Gasteiger partial charge in [-0.2, -0.15) is 0 Å². The van der Waals surface area contributed by atoms with Gasteiger partial charge in [-0.15, -0.1) is 0 Å². The highest BCUT2D eigenvalue weighted by Crippen LogP contribution is 1.92. The summed E-state index contributed by atoms with van der Waals surface area (Å²) in [6.45, 7) is 8.55. The number of nitrogens with one attached hydrogen (secondary N) is 1. The number of allylic oxidation sites excluding steroid dienone is 2. The molecule has 5 nitrogen and oxygen atoms in total. The quantitative estimate of drug-likeness (QED) is 0.324. The van der Waals surface area contributed by atoms with Crippen molar-refractivity contribution in [2.45, 2.75) is 6.92 Å². The smallest absolute Gasteiger partial charge is 0.411 e. The summed E-state index contributed by atoms with van der Waals surface area (Å²) >= 11 is 0. The van der Waals surface area contributed by atoms with E-state index in [9.17, 15) is 9.59 Å². The second-order valence-electron chi connectivity index (χ2n) is 2.29. The van der Waals surface area contributed by atoms with Crippen molar-refractivity contribution in [3.05, 3.63) is 37.3 Å². The zero-order valence-electron chi connectivity index (χ0n) is 8.49. The first-order valence-electron chi connectivity index (χ1n) is 4.23. The second kappa shape index (κ2) is 7.37. The number of hydrogen-bond acceptors (Lipinski definition) is 4. The van der Waals surface area contributed by atoms with E-state index < -0.39 is 12.1 Å². The normalized spacial score (nSPS) is 9.40. The highest BCUT2D eigenvalue weighted by Gasteiger charge is 2.10. The first kappa shape index (κ1) is 13.0. The largest absolute Gasteiger partial charge is 0.450 e. The molecular formula is C10H13NO4. The van der Waals surface area contributed by atoms with Crippen LogP contribution in [0.1, 0.15) is 6.92 Å². The molecule has 0 aromatic heterocycles. The van der Waals surface area contributed by atoms with Gasteiger partial charge < -0.3 is 9.47 Å². The van der Waals surface area contributed by atoms with Crippen LogP contribution in [0.4, 0.5) is 4.79 Å². The lowest BCUT2D eigenvalue weighted by atomic mass is 10.5. The summed E-state index contributed by atoms with van der Waals surface area (Å²) in [5.41, 5.74) is -0.192. The average Bonchev–Trinajstić information content (AvgIpc) is 2.18.